The van der Waals surface area contributed by atoms with Gasteiger partial charge in [-0.25, -0.2) is 4.98 Å². The summed E-state index contributed by atoms with van der Waals surface area (Å²) in [6, 6.07) is 5.22. The Balaban J connectivity index is 1.89. The molecule has 0 bridgehead atoms. The molecular formula is C19H19ClN4O. The average Bonchev–Trinajstić information content (AvgIpc) is 3.15. The third-order valence-electron chi connectivity index (χ3n) is 4.56. The SMILES string of the molecule is CC(C)(C)c1[nH]ncc1/C=C1\CCn2c1nc1cc(Cl)ccc1c2=O. The fourth-order valence-corrected chi connectivity index (χ4v) is 3.49. The van der Waals surface area contributed by atoms with Gasteiger partial charge in [0, 0.05) is 28.2 Å². The topological polar surface area (TPSA) is 63.6 Å². The van der Waals surface area contributed by atoms with Crippen LogP contribution in [0.4, 0.5) is 0 Å². The van der Waals surface area contributed by atoms with Gasteiger partial charge in [-0.05, 0) is 36.3 Å². The van der Waals surface area contributed by atoms with E-state index in [1.165, 1.54) is 0 Å². The van der Waals surface area contributed by atoms with Gasteiger partial charge >= 0.3 is 0 Å². The van der Waals surface area contributed by atoms with Crippen LogP contribution in [0.2, 0.25) is 5.02 Å². The molecule has 2 aromatic heterocycles. The lowest BCUT2D eigenvalue weighted by atomic mass is 9.89. The minimum atomic E-state index is -0.0362. The van der Waals surface area contributed by atoms with Crippen molar-refractivity contribution < 1.29 is 0 Å². The molecule has 0 amide bonds. The van der Waals surface area contributed by atoms with E-state index in [9.17, 15) is 4.79 Å². The zero-order chi connectivity index (χ0) is 17.8. The van der Waals surface area contributed by atoms with E-state index >= 15 is 0 Å². The standard InChI is InChI=1S/C19H19ClN4O/c1-19(2,3)16-12(10-21-23-16)8-11-6-7-24-17(11)22-15-9-13(20)4-5-14(15)18(24)25/h4-5,8-10H,6-7H2,1-3H3,(H,21,23)/b11-8+. The number of aromatic amines is 1. The van der Waals surface area contributed by atoms with Gasteiger partial charge in [0.05, 0.1) is 17.1 Å². The van der Waals surface area contributed by atoms with E-state index < -0.39 is 0 Å². The van der Waals surface area contributed by atoms with Crippen LogP contribution in [0.5, 0.6) is 0 Å². The molecule has 0 saturated carbocycles. The number of hydrogen-bond donors (Lipinski definition) is 1. The second kappa shape index (κ2) is 5.56. The summed E-state index contributed by atoms with van der Waals surface area (Å²) in [6.45, 7) is 7.07. The smallest absolute Gasteiger partial charge is 0.261 e. The molecule has 128 valence electrons. The summed E-state index contributed by atoms with van der Waals surface area (Å²) in [6.07, 6.45) is 4.69. The molecule has 0 unspecified atom stereocenters. The quantitative estimate of drug-likeness (QED) is 0.718. The summed E-state index contributed by atoms with van der Waals surface area (Å²) in [5, 5.41) is 8.47. The molecule has 0 fully saturated rings. The Labute approximate surface area is 150 Å². The molecule has 1 aliphatic rings. The molecule has 25 heavy (non-hydrogen) atoms. The van der Waals surface area contributed by atoms with Gasteiger partial charge in [0.15, 0.2) is 0 Å². The molecule has 0 radical (unpaired) electrons. The Morgan fingerprint density at radius 1 is 1.32 bits per heavy atom. The molecule has 4 rings (SSSR count). The minimum Gasteiger partial charge on any atom is -0.292 e. The largest absolute Gasteiger partial charge is 0.292 e. The molecule has 5 nitrogen and oxygen atoms in total. The molecule has 1 aliphatic heterocycles. The first-order valence-corrected chi connectivity index (χ1v) is 8.67. The predicted octanol–water partition coefficient (Wildman–Crippen LogP) is 4.01. The Morgan fingerprint density at radius 2 is 2.12 bits per heavy atom. The maximum Gasteiger partial charge on any atom is 0.261 e. The van der Waals surface area contributed by atoms with Crippen molar-refractivity contribution in [3.8, 4) is 0 Å². The lowest BCUT2D eigenvalue weighted by Gasteiger charge is -2.17. The number of allylic oxidation sites excluding steroid dienone is 1. The normalized spacial score (nSPS) is 15.9. The third-order valence-corrected chi connectivity index (χ3v) is 4.79. The van der Waals surface area contributed by atoms with Crippen LogP contribution in [-0.4, -0.2) is 19.7 Å². The van der Waals surface area contributed by atoms with Crippen LogP contribution in [0.1, 0.15) is 44.3 Å². The highest BCUT2D eigenvalue weighted by Gasteiger charge is 2.23. The minimum absolute atomic E-state index is 0.0108. The molecule has 0 spiro atoms. The fraction of sp³-hybridized carbons (Fsp3) is 0.316. The molecule has 0 atom stereocenters. The zero-order valence-electron chi connectivity index (χ0n) is 14.4. The van der Waals surface area contributed by atoms with E-state index in [0.717, 1.165) is 29.1 Å². The van der Waals surface area contributed by atoms with Crippen molar-refractivity contribution in [2.45, 2.75) is 39.2 Å². The number of nitrogens with one attached hydrogen (secondary N) is 1. The monoisotopic (exact) mass is 354 g/mol. The number of halogens is 1. The van der Waals surface area contributed by atoms with Gasteiger partial charge in [0.2, 0.25) is 0 Å². The molecule has 0 aliphatic carbocycles. The lowest BCUT2D eigenvalue weighted by Crippen LogP contribution is -2.20. The van der Waals surface area contributed by atoms with Crippen molar-refractivity contribution in [3.63, 3.8) is 0 Å². The molecular weight excluding hydrogens is 336 g/mol. The zero-order valence-corrected chi connectivity index (χ0v) is 15.2. The number of H-pyrrole nitrogens is 1. The van der Waals surface area contributed by atoms with Gasteiger partial charge in [-0.15, -0.1) is 0 Å². The molecule has 3 aromatic rings. The van der Waals surface area contributed by atoms with Crippen molar-refractivity contribution in [2.75, 3.05) is 0 Å². The second-order valence-corrected chi connectivity index (χ2v) is 7.86. The number of benzene rings is 1. The predicted molar refractivity (Wildman–Crippen MR) is 101 cm³/mol. The second-order valence-electron chi connectivity index (χ2n) is 7.42. The van der Waals surface area contributed by atoms with Crippen LogP contribution in [-0.2, 0) is 12.0 Å². The molecule has 6 heteroatoms. The molecule has 1 aromatic carbocycles. The molecule has 0 saturated heterocycles. The number of aromatic nitrogens is 4. The van der Waals surface area contributed by atoms with E-state index in [1.807, 2.05) is 6.20 Å². The van der Waals surface area contributed by atoms with Crippen LogP contribution >= 0.6 is 11.6 Å². The van der Waals surface area contributed by atoms with Gasteiger partial charge in [-0.1, -0.05) is 32.4 Å². The van der Waals surface area contributed by atoms with Gasteiger partial charge < -0.3 is 0 Å². The van der Waals surface area contributed by atoms with Crippen molar-refractivity contribution in [1.29, 1.82) is 0 Å². The van der Waals surface area contributed by atoms with Gasteiger partial charge in [-0.3, -0.25) is 14.5 Å². The summed E-state index contributed by atoms with van der Waals surface area (Å²) < 4.78 is 1.75. The number of rotatable bonds is 1. The van der Waals surface area contributed by atoms with Crippen LogP contribution in [0.25, 0.3) is 22.6 Å². The number of fused-ring (bicyclic) bond motifs is 2. The van der Waals surface area contributed by atoms with E-state index in [1.54, 1.807) is 22.8 Å². The van der Waals surface area contributed by atoms with E-state index in [0.29, 0.717) is 22.5 Å². The Bertz CT molecular complexity index is 1070. The summed E-state index contributed by atoms with van der Waals surface area (Å²) in [5.74, 6) is 0.723. The first-order chi connectivity index (χ1) is 11.8. The van der Waals surface area contributed by atoms with Crippen molar-refractivity contribution >= 4 is 34.2 Å². The Kier molecular flexibility index (Phi) is 3.58. The van der Waals surface area contributed by atoms with E-state index in [-0.39, 0.29) is 11.0 Å². The van der Waals surface area contributed by atoms with Crippen LogP contribution in [0.15, 0.2) is 29.2 Å². The Hall–Kier alpha value is -2.40. The molecule has 1 N–H and O–H groups in total. The third kappa shape index (κ3) is 2.68. The maximum atomic E-state index is 12.7. The van der Waals surface area contributed by atoms with Gasteiger partial charge in [0.25, 0.3) is 5.56 Å². The number of nitrogens with zero attached hydrogens (tertiary/aromatic N) is 3. The summed E-state index contributed by atoms with van der Waals surface area (Å²) in [5.41, 5.74) is 3.75. The van der Waals surface area contributed by atoms with Gasteiger partial charge in [0.1, 0.15) is 5.82 Å². The lowest BCUT2D eigenvalue weighted by molar-refractivity contribution is 0.566. The van der Waals surface area contributed by atoms with E-state index in [4.69, 9.17) is 16.6 Å². The first-order valence-electron chi connectivity index (χ1n) is 8.29. The van der Waals surface area contributed by atoms with Crippen LogP contribution < -0.4 is 5.56 Å². The summed E-state index contributed by atoms with van der Waals surface area (Å²) >= 11 is 6.07. The van der Waals surface area contributed by atoms with Crippen LogP contribution in [0.3, 0.4) is 0 Å². The fourth-order valence-electron chi connectivity index (χ4n) is 3.32. The van der Waals surface area contributed by atoms with Crippen molar-refractivity contribution in [3.05, 3.63) is 56.9 Å². The Morgan fingerprint density at radius 3 is 2.88 bits per heavy atom. The summed E-state index contributed by atoms with van der Waals surface area (Å²) in [7, 11) is 0. The van der Waals surface area contributed by atoms with Crippen molar-refractivity contribution in [1.82, 2.24) is 19.7 Å². The summed E-state index contributed by atoms with van der Waals surface area (Å²) in [4.78, 5) is 17.5. The van der Waals surface area contributed by atoms with Crippen LogP contribution in [0, 0.1) is 0 Å². The maximum absolute atomic E-state index is 12.7. The average molecular weight is 355 g/mol. The van der Waals surface area contributed by atoms with Gasteiger partial charge in [-0.2, -0.15) is 5.10 Å². The molecule has 3 heterocycles. The first kappa shape index (κ1) is 16.1. The number of hydrogen-bond acceptors (Lipinski definition) is 3. The highest BCUT2D eigenvalue weighted by atomic mass is 35.5. The van der Waals surface area contributed by atoms with E-state index in [2.05, 4.69) is 37.0 Å². The van der Waals surface area contributed by atoms with Crippen molar-refractivity contribution in [2.24, 2.45) is 0 Å². The highest BCUT2D eigenvalue weighted by Crippen LogP contribution is 2.31. The highest BCUT2D eigenvalue weighted by molar-refractivity contribution is 6.31.